The number of carbonyl (C=O) groups is 1. The quantitative estimate of drug-likeness (QED) is 0.731. The fourth-order valence-electron chi connectivity index (χ4n) is 3.07. The van der Waals surface area contributed by atoms with E-state index in [-0.39, 0.29) is 0 Å². The average molecular weight is 231 g/mol. The van der Waals surface area contributed by atoms with E-state index >= 15 is 0 Å². The molecular formula is C14H17NO2. The third-order valence-electron chi connectivity index (χ3n) is 3.86. The van der Waals surface area contributed by atoms with E-state index in [1.807, 2.05) is 24.3 Å². The highest BCUT2D eigenvalue weighted by Gasteiger charge is 2.36. The van der Waals surface area contributed by atoms with Gasteiger partial charge in [-0.15, -0.1) is 0 Å². The van der Waals surface area contributed by atoms with Crippen LogP contribution in [0.1, 0.15) is 29.6 Å². The van der Waals surface area contributed by atoms with Gasteiger partial charge in [0.05, 0.1) is 18.8 Å². The summed E-state index contributed by atoms with van der Waals surface area (Å²) in [6.45, 7) is 1.67. The number of anilines is 1. The molecule has 3 rings (SSSR count). The van der Waals surface area contributed by atoms with Crippen molar-refractivity contribution in [2.24, 2.45) is 0 Å². The van der Waals surface area contributed by atoms with Gasteiger partial charge >= 0.3 is 0 Å². The van der Waals surface area contributed by atoms with Crippen LogP contribution in [0.2, 0.25) is 0 Å². The number of para-hydroxylation sites is 1. The van der Waals surface area contributed by atoms with E-state index in [0.717, 1.165) is 37.1 Å². The van der Waals surface area contributed by atoms with Gasteiger partial charge in [0.25, 0.3) is 0 Å². The molecule has 2 unspecified atom stereocenters. The Labute approximate surface area is 101 Å². The molecule has 2 atom stereocenters. The third-order valence-corrected chi connectivity index (χ3v) is 3.86. The van der Waals surface area contributed by atoms with Crippen LogP contribution in [0.25, 0.3) is 0 Å². The van der Waals surface area contributed by atoms with Gasteiger partial charge in [-0.05, 0) is 31.4 Å². The molecular weight excluding hydrogens is 214 g/mol. The first-order valence-corrected chi connectivity index (χ1v) is 6.32. The van der Waals surface area contributed by atoms with Gasteiger partial charge < -0.3 is 9.64 Å². The fourth-order valence-corrected chi connectivity index (χ4v) is 3.07. The summed E-state index contributed by atoms with van der Waals surface area (Å²) in [6, 6.07) is 8.32. The van der Waals surface area contributed by atoms with Crippen LogP contribution in [0.3, 0.4) is 0 Å². The Balaban J connectivity index is 1.94. The Kier molecular flexibility index (Phi) is 2.85. The molecule has 0 N–H and O–H groups in total. The minimum absolute atomic E-state index is 0.364. The summed E-state index contributed by atoms with van der Waals surface area (Å²) < 4.78 is 5.80. The second-order valence-electron chi connectivity index (χ2n) is 4.78. The predicted molar refractivity (Wildman–Crippen MR) is 66.6 cm³/mol. The normalized spacial score (nSPS) is 27.9. The Bertz CT molecular complexity index is 418. The maximum Gasteiger partial charge on any atom is 0.152 e. The summed E-state index contributed by atoms with van der Waals surface area (Å²) in [4.78, 5) is 13.5. The zero-order valence-electron chi connectivity index (χ0n) is 9.84. The van der Waals surface area contributed by atoms with Crippen molar-refractivity contribution in [2.45, 2.75) is 31.4 Å². The van der Waals surface area contributed by atoms with E-state index in [9.17, 15) is 4.79 Å². The van der Waals surface area contributed by atoms with Crippen molar-refractivity contribution in [3.63, 3.8) is 0 Å². The van der Waals surface area contributed by atoms with Crippen LogP contribution in [0, 0.1) is 0 Å². The molecule has 2 fully saturated rings. The Morgan fingerprint density at radius 1 is 1.29 bits per heavy atom. The summed E-state index contributed by atoms with van der Waals surface area (Å²) in [5.41, 5.74) is 1.86. The topological polar surface area (TPSA) is 29.5 Å². The van der Waals surface area contributed by atoms with Crippen molar-refractivity contribution in [2.75, 3.05) is 18.1 Å². The molecule has 0 aromatic heterocycles. The molecule has 1 aromatic carbocycles. The average Bonchev–Trinajstić information content (AvgIpc) is 2.86. The van der Waals surface area contributed by atoms with Crippen molar-refractivity contribution in [1.82, 2.24) is 0 Å². The largest absolute Gasteiger partial charge is 0.374 e. The second kappa shape index (κ2) is 4.49. The van der Waals surface area contributed by atoms with Crippen LogP contribution in [-0.2, 0) is 4.74 Å². The van der Waals surface area contributed by atoms with Crippen LogP contribution in [0.5, 0.6) is 0 Å². The number of aldehydes is 1. The van der Waals surface area contributed by atoms with Gasteiger partial charge in [0.1, 0.15) is 0 Å². The molecule has 1 saturated carbocycles. The molecule has 0 amide bonds. The second-order valence-corrected chi connectivity index (χ2v) is 4.78. The Morgan fingerprint density at radius 3 is 3.06 bits per heavy atom. The molecule has 0 spiro atoms. The van der Waals surface area contributed by atoms with Crippen molar-refractivity contribution in [1.29, 1.82) is 0 Å². The van der Waals surface area contributed by atoms with Gasteiger partial charge in [0.2, 0.25) is 0 Å². The fraction of sp³-hybridized carbons (Fsp3) is 0.500. The number of benzene rings is 1. The molecule has 0 radical (unpaired) electrons. The lowest BCUT2D eigenvalue weighted by molar-refractivity contribution is 0.0256. The molecule has 2 aliphatic rings. The molecule has 1 aromatic rings. The standard InChI is InChI=1S/C14H17NO2/c16-10-11-4-1-2-5-12(11)15-8-9-17-14-7-3-6-13(14)15/h1-2,4-5,10,13-14H,3,6-9H2. The molecule has 1 saturated heterocycles. The first kappa shape index (κ1) is 10.8. The SMILES string of the molecule is O=Cc1ccccc1N1CCOC2CCCC21. The van der Waals surface area contributed by atoms with Crippen molar-refractivity contribution < 1.29 is 9.53 Å². The molecule has 1 aliphatic carbocycles. The number of hydrogen-bond donors (Lipinski definition) is 0. The van der Waals surface area contributed by atoms with E-state index in [4.69, 9.17) is 4.74 Å². The van der Waals surface area contributed by atoms with Gasteiger partial charge in [-0.3, -0.25) is 4.79 Å². The highest BCUT2D eigenvalue weighted by Crippen LogP contribution is 2.34. The molecule has 3 nitrogen and oxygen atoms in total. The summed E-state index contributed by atoms with van der Waals surface area (Å²) >= 11 is 0. The van der Waals surface area contributed by atoms with Gasteiger partial charge in [-0.25, -0.2) is 0 Å². The number of hydrogen-bond acceptors (Lipinski definition) is 3. The number of morpholine rings is 1. The van der Waals surface area contributed by atoms with Crippen LogP contribution in [0.15, 0.2) is 24.3 Å². The van der Waals surface area contributed by atoms with Crippen molar-refractivity contribution >= 4 is 12.0 Å². The molecule has 3 heteroatoms. The zero-order valence-corrected chi connectivity index (χ0v) is 9.84. The predicted octanol–water partition coefficient (Wildman–Crippen LogP) is 2.26. The van der Waals surface area contributed by atoms with E-state index in [1.54, 1.807) is 0 Å². The lowest BCUT2D eigenvalue weighted by atomic mass is 10.1. The van der Waals surface area contributed by atoms with Crippen molar-refractivity contribution in [3.8, 4) is 0 Å². The number of rotatable bonds is 2. The minimum atomic E-state index is 0.364. The first-order valence-electron chi connectivity index (χ1n) is 6.32. The molecule has 0 bridgehead atoms. The smallest absolute Gasteiger partial charge is 0.152 e. The Morgan fingerprint density at radius 2 is 2.18 bits per heavy atom. The third kappa shape index (κ3) is 1.84. The highest BCUT2D eigenvalue weighted by molar-refractivity contribution is 5.84. The van der Waals surface area contributed by atoms with Gasteiger partial charge in [-0.2, -0.15) is 0 Å². The van der Waals surface area contributed by atoms with E-state index in [1.165, 1.54) is 12.8 Å². The van der Waals surface area contributed by atoms with Crippen LogP contribution < -0.4 is 4.90 Å². The number of fused-ring (bicyclic) bond motifs is 1. The van der Waals surface area contributed by atoms with E-state index in [2.05, 4.69) is 4.90 Å². The van der Waals surface area contributed by atoms with Gasteiger partial charge in [0, 0.05) is 17.8 Å². The number of ether oxygens (including phenoxy) is 1. The Hall–Kier alpha value is -1.35. The van der Waals surface area contributed by atoms with Crippen LogP contribution >= 0.6 is 0 Å². The zero-order chi connectivity index (χ0) is 11.7. The molecule has 17 heavy (non-hydrogen) atoms. The maximum atomic E-state index is 11.1. The van der Waals surface area contributed by atoms with Crippen LogP contribution in [0.4, 0.5) is 5.69 Å². The lowest BCUT2D eigenvalue weighted by Crippen LogP contribution is -2.49. The minimum Gasteiger partial charge on any atom is -0.374 e. The number of nitrogens with zero attached hydrogens (tertiary/aromatic N) is 1. The van der Waals surface area contributed by atoms with E-state index in [0.29, 0.717) is 12.1 Å². The molecule has 1 heterocycles. The molecule has 90 valence electrons. The first-order chi connectivity index (χ1) is 8.40. The number of carbonyl (C=O) groups excluding carboxylic acids is 1. The summed E-state index contributed by atoms with van der Waals surface area (Å²) in [7, 11) is 0. The summed E-state index contributed by atoms with van der Waals surface area (Å²) in [5.74, 6) is 0. The lowest BCUT2D eigenvalue weighted by Gasteiger charge is -2.39. The summed E-state index contributed by atoms with van der Waals surface area (Å²) in [5, 5.41) is 0. The highest BCUT2D eigenvalue weighted by atomic mass is 16.5. The molecule has 1 aliphatic heterocycles. The van der Waals surface area contributed by atoms with Gasteiger partial charge in [0.15, 0.2) is 6.29 Å². The van der Waals surface area contributed by atoms with Crippen LogP contribution in [-0.4, -0.2) is 31.6 Å². The van der Waals surface area contributed by atoms with Crippen molar-refractivity contribution in [3.05, 3.63) is 29.8 Å². The maximum absolute atomic E-state index is 11.1. The summed E-state index contributed by atoms with van der Waals surface area (Å²) in [6.07, 6.45) is 4.88. The van der Waals surface area contributed by atoms with Gasteiger partial charge in [-0.1, -0.05) is 12.1 Å². The monoisotopic (exact) mass is 231 g/mol. The van der Waals surface area contributed by atoms with E-state index < -0.39 is 0 Å².